The number of halogens is 5. The van der Waals surface area contributed by atoms with Crippen LogP contribution in [0.4, 0.5) is 22.4 Å². The predicted octanol–water partition coefficient (Wildman–Crippen LogP) is 6.41. The van der Waals surface area contributed by atoms with Gasteiger partial charge in [-0.2, -0.15) is 17.6 Å². The SMILES string of the molecule is CC(C)CNC(=O)N[C@@](Cc1ccccc1)(c1cccc(OC(F)(F)C(F)F)c1)c1ccc(Cl)cn1. The van der Waals surface area contributed by atoms with E-state index in [9.17, 15) is 22.4 Å². The Kier molecular flexibility index (Phi) is 8.79. The van der Waals surface area contributed by atoms with Crippen LogP contribution in [0.5, 0.6) is 5.75 Å². The summed E-state index contributed by atoms with van der Waals surface area (Å²) in [4.78, 5) is 17.5. The molecule has 0 aliphatic carbocycles. The molecule has 2 amide bonds. The number of pyridine rings is 1. The molecule has 192 valence electrons. The number of alkyl halides is 4. The number of carbonyl (C=O) groups is 1. The van der Waals surface area contributed by atoms with Gasteiger partial charge in [-0.3, -0.25) is 4.98 Å². The largest absolute Gasteiger partial charge is 0.461 e. The fourth-order valence-corrected chi connectivity index (χ4v) is 3.72. The summed E-state index contributed by atoms with van der Waals surface area (Å²) in [5.74, 6) is -0.324. The average molecular weight is 524 g/mol. The first-order valence-corrected chi connectivity index (χ1v) is 11.6. The quantitative estimate of drug-likeness (QED) is 0.302. The number of benzene rings is 2. The summed E-state index contributed by atoms with van der Waals surface area (Å²) < 4.78 is 57.3. The third kappa shape index (κ3) is 6.87. The van der Waals surface area contributed by atoms with Gasteiger partial charge in [0.1, 0.15) is 11.3 Å². The van der Waals surface area contributed by atoms with E-state index in [2.05, 4.69) is 20.4 Å². The molecule has 1 heterocycles. The van der Waals surface area contributed by atoms with Crippen molar-refractivity contribution in [1.29, 1.82) is 0 Å². The van der Waals surface area contributed by atoms with Gasteiger partial charge in [0.15, 0.2) is 0 Å². The fourth-order valence-electron chi connectivity index (χ4n) is 3.61. The van der Waals surface area contributed by atoms with E-state index in [4.69, 9.17) is 11.6 Å². The molecule has 3 rings (SSSR count). The Balaban J connectivity index is 2.16. The molecule has 5 nitrogen and oxygen atoms in total. The highest BCUT2D eigenvalue weighted by molar-refractivity contribution is 6.30. The van der Waals surface area contributed by atoms with E-state index in [1.54, 1.807) is 18.2 Å². The second kappa shape index (κ2) is 11.6. The van der Waals surface area contributed by atoms with Crippen molar-refractivity contribution in [3.05, 3.63) is 94.8 Å². The molecule has 1 atom stereocenters. The highest BCUT2D eigenvalue weighted by atomic mass is 35.5. The molecule has 3 aromatic rings. The smallest absolute Gasteiger partial charge is 0.428 e. The molecule has 0 bridgehead atoms. The molecule has 0 aliphatic rings. The molecule has 1 aromatic heterocycles. The molecule has 0 fully saturated rings. The van der Waals surface area contributed by atoms with Gasteiger partial charge in [0.2, 0.25) is 0 Å². The lowest BCUT2D eigenvalue weighted by molar-refractivity contribution is -0.253. The summed E-state index contributed by atoms with van der Waals surface area (Å²) in [5, 5.41) is 6.09. The van der Waals surface area contributed by atoms with Crippen molar-refractivity contribution >= 4 is 17.6 Å². The summed E-state index contributed by atoms with van der Waals surface area (Å²) >= 11 is 6.05. The minimum absolute atomic E-state index is 0.159. The first-order chi connectivity index (χ1) is 17.0. The molecule has 0 unspecified atom stereocenters. The Hall–Kier alpha value is -3.33. The van der Waals surface area contributed by atoms with Gasteiger partial charge in [0.25, 0.3) is 0 Å². The summed E-state index contributed by atoms with van der Waals surface area (Å²) in [7, 11) is 0. The number of amides is 2. The first kappa shape index (κ1) is 27.3. The molecule has 0 saturated heterocycles. The van der Waals surface area contributed by atoms with Crippen molar-refractivity contribution in [2.75, 3.05) is 6.54 Å². The van der Waals surface area contributed by atoms with Gasteiger partial charge in [-0.15, -0.1) is 0 Å². The van der Waals surface area contributed by atoms with Crippen LogP contribution < -0.4 is 15.4 Å². The van der Waals surface area contributed by atoms with E-state index in [0.29, 0.717) is 22.8 Å². The zero-order valence-corrected chi connectivity index (χ0v) is 20.4. The zero-order valence-electron chi connectivity index (χ0n) is 19.7. The Labute approximate surface area is 211 Å². The second-order valence-electron chi connectivity index (χ2n) is 8.65. The van der Waals surface area contributed by atoms with Crippen molar-refractivity contribution in [1.82, 2.24) is 15.6 Å². The molecule has 2 N–H and O–H groups in total. The van der Waals surface area contributed by atoms with Crippen molar-refractivity contribution in [3.8, 4) is 5.75 Å². The van der Waals surface area contributed by atoms with Gasteiger partial charge in [-0.1, -0.05) is 67.9 Å². The molecule has 0 aliphatic heterocycles. The first-order valence-electron chi connectivity index (χ1n) is 11.2. The Morgan fingerprint density at radius 3 is 2.39 bits per heavy atom. The standard InChI is InChI=1S/C26H26ClF4N3O2/c1-17(2)15-33-24(35)34-25(14-18-7-4-3-5-8-18,22-12-11-20(27)16-32-22)19-9-6-10-21(13-19)36-26(30,31)23(28)29/h3-13,16-17,23H,14-15H2,1-2H3,(H2,33,34,35)/t25-/m0/s1. The summed E-state index contributed by atoms with van der Waals surface area (Å²) in [6.45, 7) is 4.25. The lowest BCUT2D eigenvalue weighted by atomic mass is 9.80. The number of nitrogens with one attached hydrogen (secondary N) is 2. The van der Waals surface area contributed by atoms with Gasteiger partial charge in [0, 0.05) is 19.2 Å². The van der Waals surface area contributed by atoms with Crippen molar-refractivity contribution in [2.24, 2.45) is 5.92 Å². The lowest BCUT2D eigenvalue weighted by Crippen LogP contribution is -2.53. The molecule has 36 heavy (non-hydrogen) atoms. The van der Waals surface area contributed by atoms with Gasteiger partial charge < -0.3 is 15.4 Å². The topological polar surface area (TPSA) is 63.2 Å². The number of urea groups is 1. The second-order valence-corrected chi connectivity index (χ2v) is 9.09. The molecular weight excluding hydrogens is 498 g/mol. The predicted molar refractivity (Wildman–Crippen MR) is 130 cm³/mol. The number of nitrogens with zero attached hydrogens (tertiary/aromatic N) is 1. The number of rotatable bonds is 10. The molecule has 10 heteroatoms. The zero-order chi connectivity index (χ0) is 26.3. The van der Waals surface area contributed by atoms with Crippen LogP contribution in [0.1, 0.15) is 30.7 Å². The van der Waals surface area contributed by atoms with Gasteiger partial charge in [-0.25, -0.2) is 4.79 Å². The lowest BCUT2D eigenvalue weighted by Gasteiger charge is -2.36. The minimum Gasteiger partial charge on any atom is -0.428 e. The normalized spacial score (nSPS) is 13.4. The summed E-state index contributed by atoms with van der Waals surface area (Å²) in [6, 6.07) is 17.1. The van der Waals surface area contributed by atoms with Crippen molar-refractivity contribution in [2.45, 2.75) is 38.3 Å². The van der Waals surface area contributed by atoms with E-state index in [0.717, 1.165) is 11.6 Å². The Morgan fingerprint density at radius 2 is 1.78 bits per heavy atom. The maximum atomic E-state index is 13.7. The van der Waals surface area contributed by atoms with E-state index >= 15 is 0 Å². The maximum absolute atomic E-state index is 13.7. The van der Waals surface area contributed by atoms with Crippen LogP contribution in [0.25, 0.3) is 0 Å². The molecule has 0 radical (unpaired) electrons. The third-order valence-electron chi connectivity index (χ3n) is 5.31. The Morgan fingerprint density at radius 1 is 1.06 bits per heavy atom. The van der Waals surface area contributed by atoms with Crippen LogP contribution >= 0.6 is 11.6 Å². The highest BCUT2D eigenvalue weighted by Gasteiger charge is 2.44. The fraction of sp³-hybridized carbons (Fsp3) is 0.308. The highest BCUT2D eigenvalue weighted by Crippen LogP contribution is 2.36. The van der Waals surface area contributed by atoms with Gasteiger partial charge in [-0.05, 0) is 41.3 Å². The monoisotopic (exact) mass is 523 g/mol. The molecule has 2 aromatic carbocycles. The number of carbonyl (C=O) groups excluding carboxylic acids is 1. The molecule has 0 spiro atoms. The van der Waals surface area contributed by atoms with Crippen LogP contribution in [0, 0.1) is 5.92 Å². The molecular formula is C26H26ClF4N3O2. The number of aromatic nitrogens is 1. The Bertz CT molecular complexity index is 1150. The van der Waals surface area contributed by atoms with E-state index < -0.39 is 29.9 Å². The number of hydrogen-bond donors (Lipinski definition) is 2. The number of hydrogen-bond acceptors (Lipinski definition) is 3. The third-order valence-corrected chi connectivity index (χ3v) is 5.53. The van der Waals surface area contributed by atoms with E-state index in [1.807, 2.05) is 44.2 Å². The van der Waals surface area contributed by atoms with Crippen LogP contribution in [0.3, 0.4) is 0 Å². The van der Waals surface area contributed by atoms with Gasteiger partial charge >= 0.3 is 18.6 Å². The molecule has 0 saturated carbocycles. The summed E-state index contributed by atoms with van der Waals surface area (Å²) in [6.07, 6.45) is -7.16. The van der Waals surface area contributed by atoms with Crippen LogP contribution in [-0.4, -0.2) is 30.1 Å². The van der Waals surface area contributed by atoms with E-state index in [1.165, 1.54) is 18.3 Å². The van der Waals surface area contributed by atoms with E-state index in [-0.39, 0.29) is 12.3 Å². The van der Waals surface area contributed by atoms with Crippen molar-refractivity contribution < 1.29 is 27.1 Å². The average Bonchev–Trinajstić information content (AvgIpc) is 2.83. The van der Waals surface area contributed by atoms with Gasteiger partial charge in [0.05, 0.1) is 10.7 Å². The minimum atomic E-state index is -4.69. The van der Waals surface area contributed by atoms with Crippen LogP contribution in [-0.2, 0) is 12.0 Å². The van der Waals surface area contributed by atoms with Crippen LogP contribution in [0.15, 0.2) is 72.9 Å². The van der Waals surface area contributed by atoms with Crippen LogP contribution in [0.2, 0.25) is 5.02 Å². The maximum Gasteiger partial charge on any atom is 0.461 e. The van der Waals surface area contributed by atoms with Crippen molar-refractivity contribution in [3.63, 3.8) is 0 Å². The number of ether oxygens (including phenoxy) is 1. The summed E-state index contributed by atoms with van der Waals surface area (Å²) in [5.41, 5.74) is 0.0475.